The largest absolute Gasteiger partial charge is 1.00 e. The highest BCUT2D eigenvalue weighted by atomic mass is 79.9. The molecule has 1 aliphatic rings. The number of fused-ring (bicyclic) bond motifs is 1. The topological polar surface area (TPSA) is 0 Å². The van der Waals surface area contributed by atoms with Gasteiger partial charge in [0.05, 0.1) is 10.5 Å². The van der Waals surface area contributed by atoms with Crippen molar-refractivity contribution in [3.8, 4) is 0 Å². The molecule has 2 aromatic rings. The molecule has 1 unspecified atom stereocenters. The van der Waals surface area contributed by atoms with E-state index in [4.69, 9.17) is 0 Å². The van der Waals surface area contributed by atoms with Crippen molar-refractivity contribution in [1.29, 1.82) is 0 Å². The first kappa shape index (κ1) is 18.8. The minimum absolute atomic E-state index is 0. The number of rotatable bonds is 3. The second-order valence-electron chi connectivity index (χ2n) is 6.26. The molecule has 0 amide bonds. The summed E-state index contributed by atoms with van der Waals surface area (Å²) >= 11 is 0. The van der Waals surface area contributed by atoms with Crippen LogP contribution in [0.25, 0.3) is 10.1 Å². The molecular formula is C18H22BrF3S. The summed E-state index contributed by atoms with van der Waals surface area (Å²) in [5.41, 5.74) is -3.12. The summed E-state index contributed by atoms with van der Waals surface area (Å²) in [4.78, 5) is 0.649. The van der Waals surface area contributed by atoms with Crippen LogP contribution in [-0.2, 0) is 11.9 Å². The van der Waals surface area contributed by atoms with E-state index in [1.807, 2.05) is 24.3 Å². The first-order chi connectivity index (χ1) is 10.5. The average molecular weight is 407 g/mol. The van der Waals surface area contributed by atoms with Gasteiger partial charge in [-0.3, -0.25) is 0 Å². The Morgan fingerprint density at radius 1 is 1.09 bits per heavy atom. The Bertz CT molecular complexity index is 654. The van der Waals surface area contributed by atoms with Crippen molar-refractivity contribution in [2.45, 2.75) is 63.3 Å². The zero-order chi connectivity index (χ0) is 15.7. The van der Waals surface area contributed by atoms with Gasteiger partial charge in [0, 0.05) is 23.4 Å². The first-order valence-electron chi connectivity index (χ1n) is 8.16. The van der Waals surface area contributed by atoms with E-state index >= 15 is 0 Å². The summed E-state index contributed by atoms with van der Waals surface area (Å²) < 4.78 is 41.7. The maximum Gasteiger partial charge on any atom is 0.600 e. The third kappa shape index (κ3) is 3.93. The quantitative estimate of drug-likeness (QED) is 0.673. The Kier molecular flexibility index (Phi) is 6.17. The van der Waals surface area contributed by atoms with E-state index in [0.29, 0.717) is 9.58 Å². The zero-order valence-electron chi connectivity index (χ0n) is 13.3. The predicted molar refractivity (Wildman–Crippen MR) is 87.5 cm³/mol. The van der Waals surface area contributed by atoms with E-state index in [-0.39, 0.29) is 22.9 Å². The van der Waals surface area contributed by atoms with Gasteiger partial charge in [-0.15, -0.1) is 13.2 Å². The van der Waals surface area contributed by atoms with Crippen molar-refractivity contribution >= 4 is 20.6 Å². The van der Waals surface area contributed by atoms with E-state index < -0.39 is 16.0 Å². The summed E-state index contributed by atoms with van der Waals surface area (Å²) in [6, 6.07) is 7.53. The monoisotopic (exact) mass is 406 g/mol. The number of benzene rings is 1. The lowest BCUT2D eigenvalue weighted by Crippen LogP contribution is -3.00. The van der Waals surface area contributed by atoms with Crippen LogP contribution in [0.5, 0.6) is 0 Å². The van der Waals surface area contributed by atoms with Gasteiger partial charge in [0.25, 0.3) is 0 Å². The van der Waals surface area contributed by atoms with Crippen molar-refractivity contribution in [2.24, 2.45) is 0 Å². The molecule has 0 saturated heterocycles. The number of thiophene rings is 1. The summed E-state index contributed by atoms with van der Waals surface area (Å²) in [5.74, 6) is 0.126. The second kappa shape index (κ2) is 7.56. The van der Waals surface area contributed by atoms with Crippen LogP contribution in [0.2, 0.25) is 0 Å². The van der Waals surface area contributed by atoms with Crippen molar-refractivity contribution in [2.75, 3.05) is 0 Å². The molecule has 0 bridgehead atoms. The number of hydrogen-bond acceptors (Lipinski definition) is 0. The van der Waals surface area contributed by atoms with E-state index in [0.717, 1.165) is 55.9 Å². The van der Waals surface area contributed by atoms with Gasteiger partial charge in [-0.2, -0.15) is 0 Å². The average Bonchev–Trinajstić information content (AvgIpc) is 2.87. The summed E-state index contributed by atoms with van der Waals surface area (Å²) in [6.45, 7) is 2.06. The van der Waals surface area contributed by atoms with Crippen molar-refractivity contribution < 1.29 is 30.2 Å². The van der Waals surface area contributed by atoms with E-state index in [2.05, 4.69) is 6.92 Å². The fourth-order valence-electron chi connectivity index (χ4n) is 3.59. The summed E-state index contributed by atoms with van der Waals surface area (Å²) in [5, 5.41) is 0.793. The molecule has 0 spiro atoms. The molecule has 0 aliphatic heterocycles. The highest BCUT2D eigenvalue weighted by molar-refractivity contribution is 7.38. The Labute approximate surface area is 148 Å². The normalized spacial score (nSPS) is 17.3. The number of hydrogen-bond donors (Lipinski definition) is 0. The first-order valence-corrected chi connectivity index (χ1v) is 9.39. The van der Waals surface area contributed by atoms with Gasteiger partial charge in [0.1, 0.15) is 0 Å². The molecule has 5 heteroatoms. The van der Waals surface area contributed by atoms with Crippen LogP contribution in [0.15, 0.2) is 24.3 Å². The molecular weight excluding hydrogens is 385 g/mol. The van der Waals surface area contributed by atoms with Gasteiger partial charge in [-0.1, -0.05) is 38.7 Å². The van der Waals surface area contributed by atoms with Crippen LogP contribution in [0.4, 0.5) is 13.2 Å². The summed E-state index contributed by atoms with van der Waals surface area (Å²) in [6.07, 6.45) is 6.94. The van der Waals surface area contributed by atoms with Crippen molar-refractivity contribution in [3.63, 3.8) is 0 Å². The highest BCUT2D eigenvalue weighted by Crippen LogP contribution is 2.55. The third-order valence-electron chi connectivity index (χ3n) is 4.61. The third-order valence-corrected chi connectivity index (χ3v) is 6.79. The Hall–Kier alpha value is -0.550. The fourth-order valence-corrected chi connectivity index (χ4v) is 5.80. The molecule has 1 heterocycles. The zero-order valence-corrected chi connectivity index (χ0v) is 15.7. The Morgan fingerprint density at radius 3 is 2.39 bits per heavy atom. The standard InChI is InChI=1S/C18H22F3S.BrH/c1-2-6-13-9-10-15-12-17(14-7-4-3-5-8-14)22(16(15)11-13)18(19,20)21;/h9-12,14H,2-8H2,1H3;1H/q+1;/p-1. The SMILES string of the molecule is CCCc1ccc2cc(C3CCCCC3)[s+](C(F)(F)F)c2c1.[Br-]. The van der Waals surface area contributed by atoms with Crippen LogP contribution in [0.3, 0.4) is 0 Å². The lowest BCUT2D eigenvalue weighted by molar-refractivity contribution is -0.0868. The maximum atomic E-state index is 13.7. The van der Waals surface area contributed by atoms with Crippen LogP contribution < -0.4 is 17.0 Å². The van der Waals surface area contributed by atoms with E-state index in [9.17, 15) is 13.2 Å². The van der Waals surface area contributed by atoms with Gasteiger partial charge < -0.3 is 17.0 Å². The highest BCUT2D eigenvalue weighted by Gasteiger charge is 2.49. The van der Waals surface area contributed by atoms with Gasteiger partial charge in [-0.25, -0.2) is 0 Å². The molecule has 23 heavy (non-hydrogen) atoms. The minimum atomic E-state index is -4.15. The molecule has 128 valence electrons. The number of halogens is 4. The lowest BCUT2D eigenvalue weighted by Gasteiger charge is -2.18. The molecule has 0 radical (unpaired) electrons. The molecule has 1 aromatic heterocycles. The van der Waals surface area contributed by atoms with Gasteiger partial charge in [-0.05, 0) is 30.9 Å². The Morgan fingerprint density at radius 2 is 1.78 bits per heavy atom. The van der Waals surface area contributed by atoms with Gasteiger partial charge in [0.15, 0.2) is 9.58 Å². The van der Waals surface area contributed by atoms with Crippen LogP contribution in [0.1, 0.15) is 61.8 Å². The van der Waals surface area contributed by atoms with Crippen LogP contribution >= 0.6 is 10.5 Å². The molecule has 1 aromatic carbocycles. The van der Waals surface area contributed by atoms with Crippen LogP contribution in [0, 0.1) is 0 Å². The second-order valence-corrected chi connectivity index (χ2v) is 8.24. The molecule has 1 fully saturated rings. The van der Waals surface area contributed by atoms with E-state index in [1.165, 1.54) is 0 Å². The molecule has 3 rings (SSSR count). The smallest absolute Gasteiger partial charge is 0.600 e. The molecule has 1 saturated carbocycles. The van der Waals surface area contributed by atoms with Crippen LogP contribution in [-0.4, -0.2) is 0 Å². The predicted octanol–water partition coefficient (Wildman–Crippen LogP) is 4.07. The van der Waals surface area contributed by atoms with Gasteiger partial charge >= 0.3 is 5.51 Å². The summed E-state index contributed by atoms with van der Waals surface area (Å²) in [7, 11) is -1.71. The minimum Gasteiger partial charge on any atom is -1.00 e. The molecule has 1 atom stereocenters. The fraction of sp³-hybridized carbons (Fsp3) is 0.556. The Balaban J connectivity index is 0.00000192. The molecule has 1 aliphatic carbocycles. The van der Waals surface area contributed by atoms with E-state index in [1.54, 1.807) is 0 Å². The number of alkyl halides is 3. The van der Waals surface area contributed by atoms with Gasteiger partial charge in [0.2, 0.25) is 0 Å². The molecule has 0 nitrogen and oxygen atoms in total. The lowest BCUT2D eigenvalue weighted by atomic mass is 9.88. The molecule has 0 N–H and O–H groups in total. The maximum absolute atomic E-state index is 13.7. The van der Waals surface area contributed by atoms with Crippen molar-refractivity contribution in [1.82, 2.24) is 0 Å². The van der Waals surface area contributed by atoms with Crippen molar-refractivity contribution in [3.05, 3.63) is 34.7 Å². The number of aryl methyl sites for hydroxylation is 1.